The summed E-state index contributed by atoms with van der Waals surface area (Å²) in [6.45, 7) is 2.44. The van der Waals surface area contributed by atoms with Crippen molar-refractivity contribution in [1.29, 1.82) is 0 Å². The molecular formula is C24H27Cl2F3N10O2. The Morgan fingerprint density at radius 2 is 1.93 bits per heavy atom. The molecule has 1 aliphatic rings. The molecule has 220 valence electrons. The lowest BCUT2D eigenvalue weighted by molar-refractivity contribution is -0.154. The zero-order valence-electron chi connectivity index (χ0n) is 21.8. The highest BCUT2D eigenvalue weighted by Gasteiger charge is 2.30. The molecule has 1 unspecified atom stereocenters. The maximum Gasteiger partial charge on any atom is 0.422 e. The number of alkyl halides is 3. The van der Waals surface area contributed by atoms with Crippen LogP contribution in [0.2, 0.25) is 5.02 Å². The van der Waals surface area contributed by atoms with Crippen molar-refractivity contribution < 1.29 is 22.6 Å². The Hall–Kier alpha value is -3.69. The van der Waals surface area contributed by atoms with Gasteiger partial charge in [-0.15, -0.1) is 22.6 Å². The Balaban J connectivity index is 0.00000387. The van der Waals surface area contributed by atoms with Crippen LogP contribution < -0.4 is 20.1 Å². The molecular weight excluding hydrogens is 588 g/mol. The average molecular weight is 615 g/mol. The van der Waals surface area contributed by atoms with E-state index in [-0.39, 0.29) is 42.1 Å². The van der Waals surface area contributed by atoms with E-state index in [1.54, 1.807) is 46.2 Å². The van der Waals surface area contributed by atoms with Crippen LogP contribution in [0.5, 0.6) is 11.6 Å². The van der Waals surface area contributed by atoms with E-state index in [1.165, 1.54) is 6.33 Å². The van der Waals surface area contributed by atoms with Crippen molar-refractivity contribution >= 4 is 35.6 Å². The zero-order valence-corrected chi connectivity index (χ0v) is 23.3. The normalized spacial score (nSPS) is 14.8. The van der Waals surface area contributed by atoms with Crippen molar-refractivity contribution in [3.05, 3.63) is 48.1 Å². The first-order valence-corrected chi connectivity index (χ1v) is 12.9. The SMILES string of the molecule is CC(Cn1cnnn1)Oc1cc(-c2cnc(Nc3cn(C4CCNCC4)nc3OCC(F)(F)F)nc2)ccc1Cl.Cl. The van der Waals surface area contributed by atoms with Crippen LogP contribution in [0.3, 0.4) is 0 Å². The van der Waals surface area contributed by atoms with Gasteiger partial charge in [0.2, 0.25) is 5.95 Å². The van der Waals surface area contributed by atoms with Gasteiger partial charge in [-0.3, -0.25) is 4.68 Å². The Bertz CT molecular complexity index is 1400. The van der Waals surface area contributed by atoms with Gasteiger partial charge in [-0.2, -0.15) is 13.2 Å². The molecule has 12 nitrogen and oxygen atoms in total. The number of ether oxygens (including phenoxy) is 2. The van der Waals surface area contributed by atoms with E-state index in [9.17, 15) is 13.2 Å². The molecule has 0 spiro atoms. The predicted molar refractivity (Wildman–Crippen MR) is 146 cm³/mol. The number of piperidine rings is 1. The summed E-state index contributed by atoms with van der Waals surface area (Å²) in [6, 6.07) is 5.34. The summed E-state index contributed by atoms with van der Waals surface area (Å²) in [6.07, 6.45) is 3.12. The van der Waals surface area contributed by atoms with Crippen molar-refractivity contribution in [2.45, 2.75) is 44.6 Å². The molecule has 0 amide bonds. The highest BCUT2D eigenvalue weighted by molar-refractivity contribution is 6.32. The number of rotatable bonds is 10. The highest BCUT2D eigenvalue weighted by atomic mass is 35.5. The molecule has 4 heterocycles. The molecule has 1 fully saturated rings. The van der Waals surface area contributed by atoms with Crippen LogP contribution in [0.1, 0.15) is 25.8 Å². The lowest BCUT2D eigenvalue weighted by atomic mass is 10.1. The van der Waals surface area contributed by atoms with E-state index in [4.69, 9.17) is 21.1 Å². The number of aromatic nitrogens is 8. The number of hydrogen-bond acceptors (Lipinski definition) is 10. The Morgan fingerprint density at radius 1 is 1.17 bits per heavy atom. The smallest absolute Gasteiger partial charge is 0.422 e. The summed E-state index contributed by atoms with van der Waals surface area (Å²) in [7, 11) is 0. The van der Waals surface area contributed by atoms with Crippen molar-refractivity contribution in [3.8, 4) is 22.8 Å². The van der Waals surface area contributed by atoms with E-state index < -0.39 is 12.8 Å². The van der Waals surface area contributed by atoms with Gasteiger partial charge in [-0.25, -0.2) is 14.6 Å². The third-order valence-corrected chi connectivity index (χ3v) is 6.39. The lowest BCUT2D eigenvalue weighted by Gasteiger charge is -2.22. The third-order valence-electron chi connectivity index (χ3n) is 6.08. The Labute approximate surface area is 244 Å². The second kappa shape index (κ2) is 13.3. The van der Waals surface area contributed by atoms with Crippen molar-refractivity contribution in [2.75, 3.05) is 25.0 Å². The summed E-state index contributed by atoms with van der Waals surface area (Å²) in [4.78, 5) is 8.68. The van der Waals surface area contributed by atoms with Crippen LogP contribution in [0.25, 0.3) is 11.1 Å². The first-order chi connectivity index (χ1) is 19.2. The fraction of sp³-hybridized carbons (Fsp3) is 0.417. The fourth-order valence-electron chi connectivity index (χ4n) is 4.19. The maximum atomic E-state index is 12.8. The molecule has 41 heavy (non-hydrogen) atoms. The Kier molecular flexibility index (Phi) is 9.83. The number of nitrogens with one attached hydrogen (secondary N) is 2. The van der Waals surface area contributed by atoms with E-state index in [2.05, 4.69) is 41.2 Å². The van der Waals surface area contributed by atoms with Crippen LogP contribution in [-0.2, 0) is 6.54 Å². The van der Waals surface area contributed by atoms with E-state index in [1.807, 2.05) is 6.92 Å². The molecule has 0 radical (unpaired) electrons. The van der Waals surface area contributed by atoms with Crippen LogP contribution in [0.4, 0.5) is 24.8 Å². The van der Waals surface area contributed by atoms with Crippen LogP contribution in [0.15, 0.2) is 43.1 Å². The average Bonchev–Trinajstić information content (AvgIpc) is 3.59. The molecule has 1 aromatic carbocycles. The molecule has 0 bridgehead atoms. The van der Waals surface area contributed by atoms with Gasteiger partial charge in [0.1, 0.15) is 23.9 Å². The largest absolute Gasteiger partial charge is 0.487 e. The van der Waals surface area contributed by atoms with Gasteiger partial charge in [-0.05, 0) is 61.0 Å². The van der Waals surface area contributed by atoms with Gasteiger partial charge >= 0.3 is 6.18 Å². The first kappa shape index (κ1) is 30.3. The van der Waals surface area contributed by atoms with Crippen LogP contribution in [-0.4, -0.2) is 71.9 Å². The molecule has 5 rings (SSSR count). The molecule has 0 aliphatic carbocycles. The fourth-order valence-corrected chi connectivity index (χ4v) is 4.35. The molecule has 1 saturated heterocycles. The van der Waals surface area contributed by atoms with Gasteiger partial charge in [0.15, 0.2) is 6.61 Å². The minimum atomic E-state index is -4.50. The second-order valence-electron chi connectivity index (χ2n) is 9.24. The number of nitrogens with zero attached hydrogens (tertiary/aromatic N) is 8. The predicted octanol–water partition coefficient (Wildman–Crippen LogP) is 4.48. The van der Waals surface area contributed by atoms with Crippen LogP contribution >= 0.6 is 24.0 Å². The third kappa shape index (κ3) is 8.17. The summed E-state index contributed by atoms with van der Waals surface area (Å²) < 4.78 is 52.7. The van der Waals surface area contributed by atoms with E-state index >= 15 is 0 Å². The molecule has 4 aromatic rings. The number of hydrogen-bond donors (Lipinski definition) is 2. The summed E-state index contributed by atoms with van der Waals surface area (Å²) in [5.41, 5.74) is 1.68. The van der Waals surface area contributed by atoms with Gasteiger partial charge in [0, 0.05) is 18.0 Å². The van der Waals surface area contributed by atoms with Crippen molar-refractivity contribution in [1.82, 2.24) is 45.3 Å². The van der Waals surface area contributed by atoms with Crippen LogP contribution in [0, 0.1) is 0 Å². The number of anilines is 2. The monoisotopic (exact) mass is 614 g/mol. The molecule has 1 aliphatic heterocycles. The van der Waals surface area contributed by atoms with Gasteiger partial charge in [-0.1, -0.05) is 17.7 Å². The minimum Gasteiger partial charge on any atom is -0.487 e. The van der Waals surface area contributed by atoms with E-state index in [0.29, 0.717) is 22.9 Å². The number of benzene rings is 1. The topological polar surface area (TPSA) is 130 Å². The molecule has 0 saturated carbocycles. The van der Waals surface area contributed by atoms with Crippen molar-refractivity contribution in [3.63, 3.8) is 0 Å². The number of halogens is 5. The molecule has 17 heteroatoms. The second-order valence-corrected chi connectivity index (χ2v) is 9.65. The van der Waals surface area contributed by atoms with Gasteiger partial charge in [0.25, 0.3) is 5.88 Å². The summed E-state index contributed by atoms with van der Waals surface area (Å²) >= 11 is 6.34. The minimum absolute atomic E-state index is 0. The molecule has 2 N–H and O–H groups in total. The van der Waals surface area contributed by atoms with Crippen molar-refractivity contribution in [2.24, 2.45) is 0 Å². The summed E-state index contributed by atoms with van der Waals surface area (Å²) in [5, 5.41) is 21.9. The number of tetrazole rings is 1. The summed E-state index contributed by atoms with van der Waals surface area (Å²) in [5.74, 6) is 0.475. The quantitative estimate of drug-likeness (QED) is 0.264. The van der Waals surface area contributed by atoms with E-state index in [0.717, 1.165) is 31.5 Å². The van der Waals surface area contributed by atoms with Gasteiger partial charge < -0.3 is 20.1 Å². The standard InChI is InChI=1S/C24H26ClF3N10O2.ClH/c1-15(11-37-14-32-35-36-37)40-21-8-16(2-3-19(21)25)17-9-30-23(31-10-17)33-20-12-38(18-4-6-29-7-5-18)34-22(20)39-13-24(26,27)28;/h2-3,8-10,12,14-15,18,29H,4-7,11,13H2,1H3,(H,30,31,33);1H. The maximum absolute atomic E-state index is 12.8. The first-order valence-electron chi connectivity index (χ1n) is 12.5. The zero-order chi connectivity index (χ0) is 28.1. The lowest BCUT2D eigenvalue weighted by Crippen LogP contribution is -2.29. The molecule has 1 atom stereocenters. The highest BCUT2D eigenvalue weighted by Crippen LogP contribution is 2.33. The molecule has 3 aromatic heterocycles. The van der Waals surface area contributed by atoms with Gasteiger partial charge in [0.05, 0.1) is 23.8 Å². The Morgan fingerprint density at radius 3 is 2.61 bits per heavy atom.